The lowest BCUT2D eigenvalue weighted by atomic mass is 10.1. The highest BCUT2D eigenvalue weighted by atomic mass is 35.5. The molecule has 104 valence electrons. The Bertz CT molecular complexity index is 642. The van der Waals surface area contributed by atoms with Crippen molar-refractivity contribution in [3.05, 3.63) is 63.9 Å². The predicted octanol–water partition coefficient (Wildman–Crippen LogP) is 4.04. The zero-order valence-electron chi connectivity index (χ0n) is 10.8. The number of hydrogen-bond donors (Lipinski definition) is 1. The lowest BCUT2D eigenvalue weighted by Crippen LogP contribution is -2.01. The average molecular weight is 293 g/mol. The SMILES string of the molecule is OC1CCc2c(OCc3cccc(Cl)c3F)cccc21. The molecule has 0 heterocycles. The van der Waals surface area contributed by atoms with Crippen molar-refractivity contribution in [2.45, 2.75) is 25.6 Å². The van der Waals surface area contributed by atoms with Crippen molar-refractivity contribution >= 4 is 11.6 Å². The highest BCUT2D eigenvalue weighted by molar-refractivity contribution is 6.30. The maximum atomic E-state index is 13.8. The Morgan fingerprint density at radius 2 is 2.05 bits per heavy atom. The molecule has 0 saturated carbocycles. The summed E-state index contributed by atoms with van der Waals surface area (Å²) in [4.78, 5) is 0. The highest BCUT2D eigenvalue weighted by Gasteiger charge is 2.23. The van der Waals surface area contributed by atoms with Crippen LogP contribution >= 0.6 is 11.6 Å². The number of halogens is 2. The van der Waals surface area contributed by atoms with Gasteiger partial charge in [0.2, 0.25) is 0 Å². The minimum Gasteiger partial charge on any atom is -0.489 e. The fourth-order valence-electron chi connectivity index (χ4n) is 2.55. The highest BCUT2D eigenvalue weighted by Crippen LogP contribution is 2.37. The first-order chi connectivity index (χ1) is 9.66. The van der Waals surface area contributed by atoms with Crippen molar-refractivity contribution in [2.24, 2.45) is 0 Å². The summed E-state index contributed by atoms with van der Waals surface area (Å²) in [7, 11) is 0. The van der Waals surface area contributed by atoms with Gasteiger partial charge in [-0.2, -0.15) is 0 Å². The Kier molecular flexibility index (Phi) is 3.64. The van der Waals surface area contributed by atoms with E-state index in [2.05, 4.69) is 0 Å². The van der Waals surface area contributed by atoms with Gasteiger partial charge in [-0.1, -0.05) is 35.9 Å². The van der Waals surface area contributed by atoms with Crippen LogP contribution in [0.4, 0.5) is 4.39 Å². The third-order valence-corrected chi connectivity index (χ3v) is 3.90. The van der Waals surface area contributed by atoms with E-state index in [1.54, 1.807) is 12.1 Å². The van der Waals surface area contributed by atoms with Crippen LogP contribution in [0.2, 0.25) is 5.02 Å². The van der Waals surface area contributed by atoms with Gasteiger partial charge in [-0.05, 0) is 30.5 Å². The lowest BCUT2D eigenvalue weighted by molar-refractivity contribution is 0.180. The van der Waals surface area contributed by atoms with Crippen LogP contribution in [0.5, 0.6) is 5.75 Å². The van der Waals surface area contributed by atoms with E-state index in [1.807, 2.05) is 18.2 Å². The Labute approximate surface area is 121 Å². The zero-order valence-corrected chi connectivity index (χ0v) is 11.5. The van der Waals surface area contributed by atoms with E-state index in [4.69, 9.17) is 16.3 Å². The number of ether oxygens (including phenoxy) is 1. The van der Waals surface area contributed by atoms with Gasteiger partial charge < -0.3 is 9.84 Å². The van der Waals surface area contributed by atoms with Gasteiger partial charge in [-0.3, -0.25) is 0 Å². The van der Waals surface area contributed by atoms with Crippen LogP contribution in [-0.4, -0.2) is 5.11 Å². The van der Waals surface area contributed by atoms with Crippen molar-refractivity contribution in [1.82, 2.24) is 0 Å². The molecule has 1 atom stereocenters. The van der Waals surface area contributed by atoms with Gasteiger partial charge in [-0.15, -0.1) is 0 Å². The number of aliphatic hydroxyl groups is 1. The molecular formula is C16H14ClFO2. The molecule has 0 aliphatic heterocycles. The molecule has 4 heteroatoms. The third-order valence-electron chi connectivity index (χ3n) is 3.61. The molecule has 0 fully saturated rings. The fraction of sp³-hybridized carbons (Fsp3) is 0.250. The van der Waals surface area contributed by atoms with Gasteiger partial charge in [0.25, 0.3) is 0 Å². The van der Waals surface area contributed by atoms with Gasteiger partial charge in [0.1, 0.15) is 18.2 Å². The molecule has 20 heavy (non-hydrogen) atoms. The summed E-state index contributed by atoms with van der Waals surface area (Å²) in [5, 5.41) is 9.94. The molecule has 1 unspecified atom stereocenters. The average Bonchev–Trinajstić information content (AvgIpc) is 2.83. The molecule has 1 aliphatic rings. The first-order valence-electron chi connectivity index (χ1n) is 6.52. The van der Waals surface area contributed by atoms with Crippen molar-refractivity contribution in [3.63, 3.8) is 0 Å². The molecule has 3 rings (SSSR count). The Morgan fingerprint density at radius 1 is 1.25 bits per heavy atom. The van der Waals surface area contributed by atoms with Gasteiger partial charge in [0, 0.05) is 11.1 Å². The first kappa shape index (κ1) is 13.4. The molecule has 0 amide bonds. The van der Waals surface area contributed by atoms with Crippen LogP contribution in [0.3, 0.4) is 0 Å². The standard InChI is InChI=1S/C16H14ClFO2/c17-13-5-1-3-10(16(13)18)9-20-15-6-2-4-11-12(15)7-8-14(11)19/h1-6,14,19H,7-9H2. The van der Waals surface area contributed by atoms with Crippen LogP contribution < -0.4 is 4.74 Å². The van der Waals surface area contributed by atoms with E-state index >= 15 is 0 Å². The molecule has 0 aromatic heterocycles. The monoisotopic (exact) mass is 292 g/mol. The van der Waals surface area contributed by atoms with Crippen LogP contribution in [0.15, 0.2) is 36.4 Å². The summed E-state index contributed by atoms with van der Waals surface area (Å²) in [6, 6.07) is 10.5. The van der Waals surface area contributed by atoms with E-state index in [0.717, 1.165) is 17.5 Å². The van der Waals surface area contributed by atoms with Gasteiger partial charge in [0.05, 0.1) is 11.1 Å². The van der Waals surface area contributed by atoms with Crippen molar-refractivity contribution < 1.29 is 14.2 Å². The zero-order chi connectivity index (χ0) is 14.1. The van der Waals surface area contributed by atoms with E-state index in [9.17, 15) is 9.50 Å². The maximum absolute atomic E-state index is 13.8. The van der Waals surface area contributed by atoms with Gasteiger partial charge >= 0.3 is 0 Å². The minimum absolute atomic E-state index is 0.0970. The first-order valence-corrected chi connectivity index (χ1v) is 6.90. The molecular weight excluding hydrogens is 279 g/mol. The second kappa shape index (κ2) is 5.43. The van der Waals surface area contributed by atoms with Crippen LogP contribution in [0.1, 0.15) is 29.2 Å². The Hall–Kier alpha value is -1.58. The second-order valence-corrected chi connectivity index (χ2v) is 5.29. The van der Waals surface area contributed by atoms with Crippen molar-refractivity contribution in [2.75, 3.05) is 0 Å². The predicted molar refractivity (Wildman–Crippen MR) is 75.5 cm³/mol. The summed E-state index contributed by atoms with van der Waals surface area (Å²) in [5.74, 6) is 0.264. The second-order valence-electron chi connectivity index (χ2n) is 4.88. The molecule has 0 radical (unpaired) electrons. The topological polar surface area (TPSA) is 29.5 Å². The fourth-order valence-corrected chi connectivity index (χ4v) is 2.74. The summed E-state index contributed by atoms with van der Waals surface area (Å²) in [6.45, 7) is 0.124. The molecule has 0 spiro atoms. The van der Waals surface area contributed by atoms with Crippen LogP contribution in [-0.2, 0) is 13.0 Å². The molecule has 0 saturated heterocycles. The normalized spacial score (nSPS) is 17.1. The van der Waals surface area contributed by atoms with E-state index in [1.165, 1.54) is 6.07 Å². The lowest BCUT2D eigenvalue weighted by Gasteiger charge is -2.12. The number of rotatable bonds is 3. The molecule has 2 aromatic rings. The number of hydrogen-bond acceptors (Lipinski definition) is 2. The number of benzene rings is 2. The number of fused-ring (bicyclic) bond motifs is 1. The molecule has 1 N–H and O–H groups in total. The summed E-state index contributed by atoms with van der Waals surface area (Å²) in [6.07, 6.45) is 1.07. The molecule has 2 aromatic carbocycles. The maximum Gasteiger partial charge on any atom is 0.148 e. The quantitative estimate of drug-likeness (QED) is 0.925. The summed E-state index contributed by atoms with van der Waals surface area (Å²) < 4.78 is 19.5. The third kappa shape index (κ3) is 2.39. The summed E-state index contributed by atoms with van der Waals surface area (Å²) in [5.41, 5.74) is 2.35. The van der Waals surface area contributed by atoms with Crippen LogP contribution in [0, 0.1) is 5.82 Å². The van der Waals surface area contributed by atoms with E-state index in [-0.39, 0.29) is 11.6 Å². The van der Waals surface area contributed by atoms with E-state index in [0.29, 0.717) is 17.7 Å². The molecule has 2 nitrogen and oxygen atoms in total. The summed E-state index contributed by atoms with van der Waals surface area (Å²) >= 11 is 5.74. The largest absolute Gasteiger partial charge is 0.489 e. The van der Waals surface area contributed by atoms with Gasteiger partial charge in [-0.25, -0.2) is 4.39 Å². The smallest absolute Gasteiger partial charge is 0.148 e. The van der Waals surface area contributed by atoms with Gasteiger partial charge in [0.15, 0.2) is 0 Å². The molecule has 1 aliphatic carbocycles. The van der Waals surface area contributed by atoms with Crippen molar-refractivity contribution in [3.8, 4) is 5.75 Å². The minimum atomic E-state index is -0.443. The van der Waals surface area contributed by atoms with Crippen molar-refractivity contribution in [1.29, 1.82) is 0 Å². The van der Waals surface area contributed by atoms with Crippen LogP contribution in [0.25, 0.3) is 0 Å². The number of aliphatic hydroxyl groups excluding tert-OH is 1. The molecule has 0 bridgehead atoms. The van der Waals surface area contributed by atoms with E-state index < -0.39 is 11.9 Å². The Balaban J connectivity index is 1.81. The Morgan fingerprint density at radius 3 is 2.90 bits per heavy atom.